The summed E-state index contributed by atoms with van der Waals surface area (Å²) in [7, 11) is 1.59. The molecule has 2 aromatic rings. The van der Waals surface area contributed by atoms with Crippen LogP contribution in [0.4, 0.5) is 11.4 Å². The Bertz CT molecular complexity index is 812. The van der Waals surface area contributed by atoms with Gasteiger partial charge in [0.25, 0.3) is 0 Å². The second kappa shape index (κ2) is 9.36. The fraction of sp³-hybridized carbons (Fsp3) is 0.450. The minimum Gasteiger partial charge on any atom is -0.497 e. The molecular weight excluding hydrogens is 358 g/mol. The van der Waals surface area contributed by atoms with Gasteiger partial charge in [-0.05, 0) is 45.0 Å². The molecule has 1 aliphatic heterocycles. The van der Waals surface area contributed by atoms with E-state index in [2.05, 4.69) is 20.6 Å². The van der Waals surface area contributed by atoms with Crippen LogP contribution in [-0.2, 0) is 16.1 Å². The molecular formula is C20H27N5O3. The number of rotatable bonds is 7. The highest BCUT2D eigenvalue weighted by Gasteiger charge is 2.26. The third-order valence-electron chi connectivity index (χ3n) is 4.90. The summed E-state index contributed by atoms with van der Waals surface area (Å²) in [6, 6.07) is 7.29. The van der Waals surface area contributed by atoms with Crippen molar-refractivity contribution in [3.05, 3.63) is 36.7 Å². The molecule has 2 heterocycles. The molecule has 1 aliphatic rings. The fourth-order valence-electron chi connectivity index (χ4n) is 3.30. The molecule has 1 aromatic carbocycles. The number of ether oxygens (including phenoxy) is 1. The molecule has 3 rings (SSSR count). The Labute approximate surface area is 164 Å². The summed E-state index contributed by atoms with van der Waals surface area (Å²) in [6.45, 7) is 4.52. The number of nitrogens with one attached hydrogen (secondary N) is 2. The van der Waals surface area contributed by atoms with E-state index in [4.69, 9.17) is 4.74 Å². The van der Waals surface area contributed by atoms with Crippen molar-refractivity contribution in [1.29, 1.82) is 0 Å². The van der Waals surface area contributed by atoms with Crippen LogP contribution in [0.25, 0.3) is 0 Å². The molecule has 0 bridgehead atoms. The maximum atomic E-state index is 12.4. The normalized spacial score (nSPS) is 15.2. The largest absolute Gasteiger partial charge is 0.497 e. The third kappa shape index (κ3) is 5.32. The first-order valence-electron chi connectivity index (χ1n) is 9.57. The van der Waals surface area contributed by atoms with E-state index in [1.54, 1.807) is 24.1 Å². The summed E-state index contributed by atoms with van der Waals surface area (Å²) in [5, 5.41) is 9.99. The molecule has 1 fully saturated rings. The van der Waals surface area contributed by atoms with Crippen LogP contribution < -0.4 is 15.4 Å². The predicted octanol–water partition coefficient (Wildman–Crippen LogP) is 2.20. The molecule has 150 valence electrons. The Balaban J connectivity index is 1.43. The number of methoxy groups -OCH3 is 1. The van der Waals surface area contributed by atoms with Crippen LogP contribution in [0.15, 0.2) is 36.7 Å². The lowest BCUT2D eigenvalue weighted by molar-refractivity contribution is -0.121. The van der Waals surface area contributed by atoms with Crippen molar-refractivity contribution < 1.29 is 14.3 Å². The highest BCUT2D eigenvalue weighted by Crippen LogP contribution is 2.20. The van der Waals surface area contributed by atoms with Crippen molar-refractivity contribution >= 4 is 23.2 Å². The quantitative estimate of drug-likeness (QED) is 0.763. The van der Waals surface area contributed by atoms with E-state index in [-0.39, 0.29) is 17.7 Å². The SMILES string of the molecule is CCn1cc(NC(=O)C2CCN(CC(=O)Nc3cccc(OC)c3)CC2)cn1. The molecule has 0 atom stereocenters. The Morgan fingerprint density at radius 1 is 1.21 bits per heavy atom. The van der Waals surface area contributed by atoms with Gasteiger partial charge in [0.2, 0.25) is 11.8 Å². The molecule has 0 unspecified atom stereocenters. The van der Waals surface area contributed by atoms with Crippen molar-refractivity contribution in [2.24, 2.45) is 5.92 Å². The molecule has 28 heavy (non-hydrogen) atoms. The minimum absolute atomic E-state index is 0.0242. The molecule has 0 saturated carbocycles. The molecule has 2 amide bonds. The number of aromatic nitrogens is 2. The zero-order chi connectivity index (χ0) is 19.9. The van der Waals surface area contributed by atoms with Crippen molar-refractivity contribution in [1.82, 2.24) is 14.7 Å². The van der Waals surface area contributed by atoms with Gasteiger partial charge in [-0.1, -0.05) is 6.07 Å². The van der Waals surface area contributed by atoms with Gasteiger partial charge in [0, 0.05) is 30.4 Å². The van der Waals surface area contributed by atoms with E-state index < -0.39 is 0 Å². The average molecular weight is 385 g/mol. The molecule has 0 spiro atoms. The van der Waals surface area contributed by atoms with Crippen LogP contribution in [0.3, 0.4) is 0 Å². The fourth-order valence-corrected chi connectivity index (χ4v) is 3.30. The highest BCUT2D eigenvalue weighted by molar-refractivity contribution is 5.93. The van der Waals surface area contributed by atoms with E-state index in [1.165, 1.54) is 0 Å². The maximum Gasteiger partial charge on any atom is 0.238 e. The zero-order valence-corrected chi connectivity index (χ0v) is 16.4. The maximum absolute atomic E-state index is 12.4. The summed E-state index contributed by atoms with van der Waals surface area (Å²) in [6.07, 6.45) is 4.97. The number of hydrogen-bond donors (Lipinski definition) is 2. The van der Waals surface area contributed by atoms with Crippen molar-refractivity contribution in [3.63, 3.8) is 0 Å². The molecule has 1 saturated heterocycles. The van der Waals surface area contributed by atoms with Crippen LogP contribution in [0.2, 0.25) is 0 Å². The van der Waals surface area contributed by atoms with Gasteiger partial charge in [0.05, 0.1) is 25.5 Å². The van der Waals surface area contributed by atoms with Crippen LogP contribution in [0.5, 0.6) is 5.75 Å². The minimum atomic E-state index is -0.0665. The first-order valence-corrected chi connectivity index (χ1v) is 9.57. The summed E-state index contributed by atoms with van der Waals surface area (Å²) in [4.78, 5) is 26.8. The summed E-state index contributed by atoms with van der Waals surface area (Å²) < 4.78 is 6.94. The monoisotopic (exact) mass is 385 g/mol. The predicted molar refractivity (Wildman–Crippen MR) is 107 cm³/mol. The van der Waals surface area contributed by atoms with Gasteiger partial charge < -0.3 is 15.4 Å². The van der Waals surface area contributed by atoms with E-state index in [9.17, 15) is 9.59 Å². The first kappa shape index (κ1) is 19.9. The number of carbonyl (C=O) groups excluding carboxylic acids is 2. The summed E-state index contributed by atoms with van der Waals surface area (Å²) in [5.74, 6) is 0.621. The van der Waals surface area contributed by atoms with E-state index in [0.29, 0.717) is 18.0 Å². The van der Waals surface area contributed by atoms with Crippen molar-refractivity contribution in [3.8, 4) is 5.75 Å². The van der Waals surface area contributed by atoms with Gasteiger partial charge in [-0.15, -0.1) is 0 Å². The number of hydrogen-bond acceptors (Lipinski definition) is 5. The molecule has 8 heteroatoms. The molecule has 0 aliphatic carbocycles. The van der Waals surface area contributed by atoms with E-state index in [1.807, 2.05) is 31.3 Å². The van der Waals surface area contributed by atoms with Crippen LogP contribution in [-0.4, -0.2) is 53.2 Å². The van der Waals surface area contributed by atoms with Gasteiger partial charge in [0.15, 0.2) is 0 Å². The number of likely N-dealkylation sites (tertiary alicyclic amines) is 1. The number of aryl methyl sites for hydroxylation is 1. The van der Waals surface area contributed by atoms with Gasteiger partial charge >= 0.3 is 0 Å². The highest BCUT2D eigenvalue weighted by atomic mass is 16.5. The van der Waals surface area contributed by atoms with E-state index in [0.717, 1.165) is 38.2 Å². The molecule has 8 nitrogen and oxygen atoms in total. The topological polar surface area (TPSA) is 88.5 Å². The Morgan fingerprint density at radius 2 is 2.00 bits per heavy atom. The second-order valence-corrected chi connectivity index (χ2v) is 6.90. The Hall–Kier alpha value is -2.87. The van der Waals surface area contributed by atoms with E-state index >= 15 is 0 Å². The first-order chi connectivity index (χ1) is 13.6. The van der Waals surface area contributed by atoms with Crippen LogP contribution in [0, 0.1) is 5.92 Å². The Kier molecular flexibility index (Phi) is 6.65. The lowest BCUT2D eigenvalue weighted by Crippen LogP contribution is -2.41. The number of benzene rings is 1. The van der Waals surface area contributed by atoms with Gasteiger partial charge in [-0.2, -0.15) is 5.10 Å². The van der Waals surface area contributed by atoms with Gasteiger partial charge in [-0.25, -0.2) is 0 Å². The van der Waals surface area contributed by atoms with Crippen molar-refractivity contribution in [2.45, 2.75) is 26.3 Å². The standard InChI is InChI=1S/C20H27N5O3/c1-3-25-13-17(12-21-25)23-20(27)15-7-9-24(10-8-15)14-19(26)22-16-5-4-6-18(11-16)28-2/h4-6,11-13,15H,3,7-10,14H2,1-2H3,(H,22,26)(H,23,27). The molecule has 0 radical (unpaired) electrons. The number of amides is 2. The Morgan fingerprint density at radius 3 is 2.68 bits per heavy atom. The van der Waals surface area contributed by atoms with Gasteiger partial charge in [0.1, 0.15) is 5.75 Å². The number of nitrogens with zero attached hydrogens (tertiary/aromatic N) is 3. The van der Waals surface area contributed by atoms with Gasteiger partial charge in [-0.3, -0.25) is 19.2 Å². The number of carbonyl (C=O) groups is 2. The summed E-state index contributed by atoms with van der Waals surface area (Å²) >= 11 is 0. The second-order valence-electron chi connectivity index (χ2n) is 6.90. The summed E-state index contributed by atoms with van der Waals surface area (Å²) in [5.41, 5.74) is 1.44. The van der Waals surface area contributed by atoms with Crippen molar-refractivity contribution in [2.75, 3.05) is 37.4 Å². The zero-order valence-electron chi connectivity index (χ0n) is 16.4. The number of piperidine rings is 1. The third-order valence-corrected chi connectivity index (χ3v) is 4.90. The smallest absolute Gasteiger partial charge is 0.238 e. The average Bonchev–Trinajstić information content (AvgIpc) is 3.16. The number of anilines is 2. The lowest BCUT2D eigenvalue weighted by Gasteiger charge is -2.30. The molecule has 1 aromatic heterocycles. The lowest BCUT2D eigenvalue weighted by atomic mass is 9.96. The van der Waals surface area contributed by atoms with Crippen LogP contribution in [0.1, 0.15) is 19.8 Å². The van der Waals surface area contributed by atoms with Crippen LogP contribution >= 0.6 is 0 Å². The molecule has 2 N–H and O–H groups in total.